The summed E-state index contributed by atoms with van der Waals surface area (Å²) in [6.07, 6.45) is 4.33. The van der Waals surface area contributed by atoms with Gasteiger partial charge in [0.2, 0.25) is 0 Å². The quantitative estimate of drug-likeness (QED) is 0.602. The third-order valence-corrected chi connectivity index (χ3v) is 2.67. The second-order valence-electron chi connectivity index (χ2n) is 4.72. The van der Waals surface area contributed by atoms with Crippen LogP contribution in [0.3, 0.4) is 0 Å². The van der Waals surface area contributed by atoms with E-state index in [0.717, 1.165) is 19.3 Å². The van der Waals surface area contributed by atoms with E-state index in [0.29, 0.717) is 5.41 Å². The van der Waals surface area contributed by atoms with Crippen molar-refractivity contribution in [3.05, 3.63) is 0 Å². The molecule has 0 aromatic heterocycles. The van der Waals surface area contributed by atoms with Crippen molar-refractivity contribution >= 4 is 0 Å². The lowest BCUT2D eigenvalue weighted by Crippen LogP contribution is -2.49. The predicted octanol–water partition coefficient (Wildman–Crippen LogP) is 1.28. The second-order valence-corrected chi connectivity index (χ2v) is 4.72. The Balaban J connectivity index is 2.59. The summed E-state index contributed by atoms with van der Waals surface area (Å²) in [4.78, 5) is 0. The van der Waals surface area contributed by atoms with Gasteiger partial charge in [0, 0.05) is 5.54 Å². The fraction of sp³-hybridized carbons (Fsp3) is 1.00. The molecular formula is C9H19NO. The maximum absolute atomic E-state index is 9.06. The Morgan fingerprint density at radius 1 is 1.36 bits per heavy atom. The van der Waals surface area contributed by atoms with Crippen molar-refractivity contribution in [3.63, 3.8) is 0 Å². The van der Waals surface area contributed by atoms with Gasteiger partial charge in [-0.3, -0.25) is 0 Å². The molecule has 2 nitrogen and oxygen atoms in total. The van der Waals surface area contributed by atoms with Crippen LogP contribution in [0, 0.1) is 5.41 Å². The Kier molecular flexibility index (Phi) is 2.26. The highest BCUT2D eigenvalue weighted by atomic mass is 16.3. The molecule has 1 aliphatic rings. The molecule has 0 saturated heterocycles. The average molecular weight is 157 g/mol. The maximum Gasteiger partial charge on any atom is 0.0611 e. The van der Waals surface area contributed by atoms with E-state index >= 15 is 0 Å². The molecule has 0 aromatic carbocycles. The minimum Gasteiger partial charge on any atom is -0.394 e. The number of hydrogen-bond acceptors (Lipinski definition) is 2. The van der Waals surface area contributed by atoms with Crippen LogP contribution in [0.25, 0.3) is 0 Å². The van der Waals surface area contributed by atoms with Crippen LogP contribution in [0.15, 0.2) is 0 Å². The molecule has 2 heteroatoms. The number of rotatable bonds is 1. The highest BCUT2D eigenvalue weighted by Crippen LogP contribution is 2.39. The Bertz CT molecular complexity index is 144. The molecule has 1 saturated carbocycles. The first-order valence-electron chi connectivity index (χ1n) is 4.37. The fourth-order valence-corrected chi connectivity index (χ4v) is 2.18. The number of aliphatic hydroxyl groups is 1. The van der Waals surface area contributed by atoms with Crippen LogP contribution in [0.1, 0.15) is 39.5 Å². The summed E-state index contributed by atoms with van der Waals surface area (Å²) in [6.45, 7) is 4.59. The van der Waals surface area contributed by atoms with Crippen molar-refractivity contribution in [1.29, 1.82) is 0 Å². The van der Waals surface area contributed by atoms with Gasteiger partial charge in [-0.15, -0.1) is 0 Å². The third-order valence-electron chi connectivity index (χ3n) is 2.67. The van der Waals surface area contributed by atoms with Gasteiger partial charge in [0.05, 0.1) is 6.61 Å². The molecule has 1 atom stereocenters. The Hall–Kier alpha value is -0.0800. The molecule has 0 bridgehead atoms. The molecule has 0 unspecified atom stereocenters. The summed E-state index contributed by atoms with van der Waals surface area (Å²) in [7, 11) is 0. The van der Waals surface area contributed by atoms with Crippen molar-refractivity contribution in [3.8, 4) is 0 Å². The SMILES string of the molecule is CC1(C)CCC[C@](N)(CO)C1. The van der Waals surface area contributed by atoms with Crippen molar-refractivity contribution in [2.45, 2.75) is 45.1 Å². The molecule has 3 N–H and O–H groups in total. The van der Waals surface area contributed by atoms with Gasteiger partial charge in [-0.25, -0.2) is 0 Å². The lowest BCUT2D eigenvalue weighted by molar-refractivity contribution is 0.0912. The van der Waals surface area contributed by atoms with Crippen LogP contribution in [-0.2, 0) is 0 Å². The van der Waals surface area contributed by atoms with Gasteiger partial charge >= 0.3 is 0 Å². The molecule has 0 heterocycles. The van der Waals surface area contributed by atoms with Crippen LogP contribution in [0.4, 0.5) is 0 Å². The van der Waals surface area contributed by atoms with E-state index in [1.54, 1.807) is 0 Å². The summed E-state index contributed by atoms with van der Waals surface area (Å²) in [5.41, 5.74) is 6.02. The van der Waals surface area contributed by atoms with Crippen molar-refractivity contribution in [2.24, 2.45) is 11.1 Å². The van der Waals surface area contributed by atoms with Crippen molar-refractivity contribution in [1.82, 2.24) is 0 Å². The van der Waals surface area contributed by atoms with Gasteiger partial charge in [-0.1, -0.05) is 20.3 Å². The third kappa shape index (κ3) is 2.17. The highest BCUT2D eigenvalue weighted by Gasteiger charge is 2.36. The summed E-state index contributed by atoms with van der Waals surface area (Å²) in [6, 6.07) is 0. The van der Waals surface area contributed by atoms with E-state index in [9.17, 15) is 0 Å². The summed E-state index contributed by atoms with van der Waals surface area (Å²) in [5, 5.41) is 9.06. The first-order valence-corrected chi connectivity index (χ1v) is 4.37. The molecular weight excluding hydrogens is 138 g/mol. The van der Waals surface area contributed by atoms with E-state index in [1.807, 2.05) is 0 Å². The van der Waals surface area contributed by atoms with Gasteiger partial charge < -0.3 is 10.8 Å². The first kappa shape index (κ1) is 9.01. The smallest absolute Gasteiger partial charge is 0.0611 e. The zero-order valence-electron chi connectivity index (χ0n) is 7.56. The van der Waals surface area contributed by atoms with E-state index < -0.39 is 0 Å². The van der Waals surface area contributed by atoms with Crippen molar-refractivity contribution in [2.75, 3.05) is 6.61 Å². The number of nitrogens with two attached hydrogens (primary N) is 1. The minimum absolute atomic E-state index is 0.135. The highest BCUT2D eigenvalue weighted by molar-refractivity contribution is 4.93. The van der Waals surface area contributed by atoms with Crippen LogP contribution in [-0.4, -0.2) is 17.3 Å². The predicted molar refractivity (Wildman–Crippen MR) is 46.3 cm³/mol. The zero-order chi connectivity index (χ0) is 8.54. The van der Waals surface area contributed by atoms with Crippen LogP contribution >= 0.6 is 0 Å². The summed E-state index contributed by atoms with van der Waals surface area (Å²) < 4.78 is 0. The monoisotopic (exact) mass is 157 g/mol. The van der Waals surface area contributed by atoms with Crippen molar-refractivity contribution < 1.29 is 5.11 Å². The van der Waals surface area contributed by atoms with Gasteiger partial charge in [0.25, 0.3) is 0 Å². The number of aliphatic hydroxyl groups excluding tert-OH is 1. The molecule has 66 valence electrons. The Labute approximate surface area is 68.8 Å². The Morgan fingerprint density at radius 3 is 2.36 bits per heavy atom. The van der Waals surface area contributed by atoms with Crippen LogP contribution in [0.2, 0.25) is 0 Å². The minimum atomic E-state index is -0.290. The first-order chi connectivity index (χ1) is 4.97. The molecule has 1 aliphatic carbocycles. The normalized spacial score (nSPS) is 37.1. The second kappa shape index (κ2) is 2.76. The fourth-order valence-electron chi connectivity index (χ4n) is 2.18. The molecule has 0 aromatic rings. The molecule has 0 aliphatic heterocycles. The summed E-state index contributed by atoms with van der Waals surface area (Å²) in [5.74, 6) is 0. The largest absolute Gasteiger partial charge is 0.394 e. The van der Waals surface area contributed by atoms with Gasteiger partial charge in [-0.2, -0.15) is 0 Å². The molecule has 1 rings (SSSR count). The summed E-state index contributed by atoms with van der Waals surface area (Å²) >= 11 is 0. The molecule has 11 heavy (non-hydrogen) atoms. The zero-order valence-corrected chi connectivity index (χ0v) is 7.56. The van der Waals surface area contributed by atoms with E-state index in [1.165, 1.54) is 6.42 Å². The molecule has 1 fully saturated rings. The van der Waals surface area contributed by atoms with E-state index in [2.05, 4.69) is 13.8 Å². The van der Waals surface area contributed by atoms with E-state index in [4.69, 9.17) is 10.8 Å². The van der Waals surface area contributed by atoms with Gasteiger partial charge in [-0.05, 0) is 24.7 Å². The van der Waals surface area contributed by atoms with Gasteiger partial charge in [0.15, 0.2) is 0 Å². The van der Waals surface area contributed by atoms with Crippen LogP contribution in [0.5, 0.6) is 0 Å². The maximum atomic E-state index is 9.06. The Morgan fingerprint density at radius 2 is 2.00 bits per heavy atom. The van der Waals surface area contributed by atoms with Crippen LogP contribution < -0.4 is 5.73 Å². The van der Waals surface area contributed by atoms with E-state index in [-0.39, 0.29) is 12.1 Å². The van der Waals surface area contributed by atoms with Gasteiger partial charge in [0.1, 0.15) is 0 Å². The lowest BCUT2D eigenvalue weighted by atomic mass is 9.69. The average Bonchev–Trinajstić information content (AvgIpc) is 1.85. The molecule has 0 spiro atoms. The lowest BCUT2D eigenvalue weighted by Gasteiger charge is -2.41. The standard InChI is InChI=1S/C9H19NO/c1-8(2)4-3-5-9(10,6-8)7-11/h11H,3-7,10H2,1-2H3/t9-/m1/s1. The topological polar surface area (TPSA) is 46.2 Å². The molecule has 0 radical (unpaired) electrons. The number of hydrogen-bond donors (Lipinski definition) is 2. The molecule has 0 amide bonds.